The first-order chi connectivity index (χ1) is 14.4. The summed E-state index contributed by atoms with van der Waals surface area (Å²) in [5.41, 5.74) is 3.11. The van der Waals surface area contributed by atoms with Crippen molar-refractivity contribution in [3.63, 3.8) is 0 Å². The van der Waals surface area contributed by atoms with E-state index in [0.717, 1.165) is 22.9 Å². The van der Waals surface area contributed by atoms with Gasteiger partial charge in [0.1, 0.15) is 0 Å². The molecule has 0 N–H and O–H groups in total. The molecule has 0 bridgehead atoms. The summed E-state index contributed by atoms with van der Waals surface area (Å²) in [5.74, 6) is -2.25. The van der Waals surface area contributed by atoms with Crippen molar-refractivity contribution in [2.45, 2.75) is 50.9 Å². The highest BCUT2D eigenvalue weighted by Gasteiger charge is 2.40. The molecule has 0 unspecified atom stereocenters. The van der Waals surface area contributed by atoms with Gasteiger partial charge in [-0.1, -0.05) is 25.1 Å². The molecule has 1 amide bonds. The molecule has 160 valence electrons. The molecule has 0 radical (unpaired) electrons. The van der Waals surface area contributed by atoms with Crippen molar-refractivity contribution in [2.75, 3.05) is 20.1 Å². The van der Waals surface area contributed by atoms with Gasteiger partial charge >= 0.3 is 0 Å². The average Bonchev–Trinajstić information content (AvgIpc) is 2.73. The zero-order valence-corrected chi connectivity index (χ0v) is 17.7. The molecule has 1 aliphatic heterocycles. The highest BCUT2D eigenvalue weighted by Crippen LogP contribution is 2.39. The quantitative estimate of drug-likeness (QED) is 0.660. The number of alkyl halides is 2. The zero-order valence-electron chi connectivity index (χ0n) is 17.7. The molecule has 2 heterocycles. The molecule has 1 aliphatic carbocycles. The molecule has 2 aromatic rings. The number of fused-ring (bicyclic) bond motifs is 1. The zero-order chi connectivity index (χ0) is 21.3. The Morgan fingerprint density at radius 2 is 2.00 bits per heavy atom. The van der Waals surface area contributed by atoms with Crippen LogP contribution in [0.4, 0.5) is 8.78 Å². The molecule has 4 rings (SSSR count). The second kappa shape index (κ2) is 8.40. The SMILES string of the molecule is CN=Cc1ccc([C@H]2C[C@@H](C)CN(C(=O)C3CCC(F)(F)CC3)C2)c2cccnc12. The summed E-state index contributed by atoms with van der Waals surface area (Å²) in [6, 6.07) is 8.20. The van der Waals surface area contributed by atoms with Crippen LogP contribution in [-0.4, -0.2) is 48.1 Å². The fourth-order valence-electron chi connectivity index (χ4n) is 5.12. The van der Waals surface area contributed by atoms with E-state index in [0.29, 0.717) is 31.8 Å². The number of piperidine rings is 1. The lowest BCUT2D eigenvalue weighted by molar-refractivity contribution is -0.141. The monoisotopic (exact) mass is 413 g/mol. The number of carbonyl (C=O) groups excluding carboxylic acids is 1. The van der Waals surface area contributed by atoms with E-state index < -0.39 is 5.92 Å². The van der Waals surface area contributed by atoms with Crippen LogP contribution in [0, 0.1) is 11.8 Å². The Kier molecular flexibility index (Phi) is 5.85. The van der Waals surface area contributed by atoms with Gasteiger partial charge in [0.15, 0.2) is 0 Å². The van der Waals surface area contributed by atoms with Crippen LogP contribution in [0.5, 0.6) is 0 Å². The summed E-state index contributed by atoms with van der Waals surface area (Å²) in [7, 11) is 1.75. The normalized spacial score (nSPS) is 25.1. The number of halogens is 2. The number of likely N-dealkylation sites (tertiary alicyclic amines) is 1. The fourth-order valence-corrected chi connectivity index (χ4v) is 5.12. The molecule has 1 aromatic carbocycles. The number of rotatable bonds is 3. The van der Waals surface area contributed by atoms with Crippen molar-refractivity contribution in [3.05, 3.63) is 41.6 Å². The van der Waals surface area contributed by atoms with Crippen molar-refractivity contribution in [2.24, 2.45) is 16.8 Å². The van der Waals surface area contributed by atoms with E-state index in [4.69, 9.17) is 0 Å². The van der Waals surface area contributed by atoms with Gasteiger partial charge in [-0.05, 0) is 36.8 Å². The van der Waals surface area contributed by atoms with Crippen molar-refractivity contribution in [3.8, 4) is 0 Å². The minimum Gasteiger partial charge on any atom is -0.342 e. The summed E-state index contributed by atoms with van der Waals surface area (Å²) in [6.45, 7) is 3.51. The van der Waals surface area contributed by atoms with E-state index in [1.807, 2.05) is 23.2 Å². The number of hydrogen-bond donors (Lipinski definition) is 0. The number of aromatic nitrogens is 1. The van der Waals surface area contributed by atoms with E-state index in [-0.39, 0.29) is 30.6 Å². The Bertz CT molecular complexity index is 949. The van der Waals surface area contributed by atoms with Crippen LogP contribution >= 0.6 is 0 Å². The molecule has 4 nitrogen and oxygen atoms in total. The highest BCUT2D eigenvalue weighted by molar-refractivity contribution is 5.99. The Hall–Kier alpha value is -2.37. The third kappa shape index (κ3) is 4.23. The maximum atomic E-state index is 13.5. The summed E-state index contributed by atoms with van der Waals surface area (Å²) in [6.07, 6.45) is 4.84. The van der Waals surface area contributed by atoms with Gasteiger partial charge in [0.2, 0.25) is 11.8 Å². The van der Waals surface area contributed by atoms with Crippen molar-refractivity contribution in [1.29, 1.82) is 0 Å². The van der Waals surface area contributed by atoms with Crippen LogP contribution in [0.25, 0.3) is 10.9 Å². The number of carbonyl (C=O) groups is 1. The van der Waals surface area contributed by atoms with E-state index >= 15 is 0 Å². The maximum absolute atomic E-state index is 13.5. The summed E-state index contributed by atoms with van der Waals surface area (Å²) < 4.78 is 27.0. The van der Waals surface area contributed by atoms with Crippen molar-refractivity contribution in [1.82, 2.24) is 9.88 Å². The summed E-state index contributed by atoms with van der Waals surface area (Å²) >= 11 is 0. The molecular formula is C24H29F2N3O. The first kappa shape index (κ1) is 20.9. The van der Waals surface area contributed by atoms with E-state index in [1.165, 1.54) is 5.56 Å². The third-order valence-electron chi connectivity index (χ3n) is 6.58. The van der Waals surface area contributed by atoms with Crippen LogP contribution in [0.2, 0.25) is 0 Å². The Labute approximate surface area is 176 Å². The molecule has 1 saturated heterocycles. The first-order valence-electron chi connectivity index (χ1n) is 10.8. The van der Waals surface area contributed by atoms with Crippen LogP contribution < -0.4 is 0 Å². The molecule has 30 heavy (non-hydrogen) atoms. The van der Waals surface area contributed by atoms with Gasteiger partial charge in [0, 0.05) is 68.2 Å². The summed E-state index contributed by atoms with van der Waals surface area (Å²) in [5, 5.41) is 1.10. The van der Waals surface area contributed by atoms with Gasteiger partial charge in [-0.3, -0.25) is 14.8 Å². The van der Waals surface area contributed by atoms with E-state index in [9.17, 15) is 13.6 Å². The van der Waals surface area contributed by atoms with Crippen molar-refractivity contribution >= 4 is 23.0 Å². The van der Waals surface area contributed by atoms with Crippen LogP contribution in [0.3, 0.4) is 0 Å². The molecule has 2 fully saturated rings. The minimum absolute atomic E-state index is 0.0548. The third-order valence-corrected chi connectivity index (χ3v) is 6.58. The molecule has 2 aliphatic rings. The van der Waals surface area contributed by atoms with Gasteiger partial charge in [-0.25, -0.2) is 8.78 Å². The van der Waals surface area contributed by atoms with Crippen LogP contribution in [0.15, 0.2) is 35.5 Å². The number of nitrogens with zero attached hydrogens (tertiary/aromatic N) is 3. The van der Waals surface area contributed by atoms with Gasteiger partial charge in [-0.2, -0.15) is 0 Å². The molecule has 6 heteroatoms. The molecule has 1 aromatic heterocycles. The van der Waals surface area contributed by atoms with Crippen LogP contribution in [-0.2, 0) is 4.79 Å². The number of pyridine rings is 1. The largest absolute Gasteiger partial charge is 0.342 e. The Morgan fingerprint density at radius 3 is 2.73 bits per heavy atom. The van der Waals surface area contributed by atoms with Gasteiger partial charge < -0.3 is 4.90 Å². The molecule has 1 saturated carbocycles. The Balaban J connectivity index is 1.58. The second-order valence-electron chi connectivity index (χ2n) is 8.94. The molecule has 0 spiro atoms. The number of hydrogen-bond acceptors (Lipinski definition) is 3. The molecular weight excluding hydrogens is 384 g/mol. The van der Waals surface area contributed by atoms with E-state index in [1.54, 1.807) is 13.2 Å². The van der Waals surface area contributed by atoms with Gasteiger partial charge in [0.05, 0.1) is 5.52 Å². The van der Waals surface area contributed by atoms with E-state index in [2.05, 4.69) is 29.0 Å². The standard InChI is InChI=1S/C24H29F2N3O/c1-16-12-19(15-29(14-16)23(30)17-7-9-24(25,26)10-8-17)20-6-5-18(13-27-2)22-21(20)4-3-11-28-22/h3-6,11,13,16-17,19H,7-10,12,14-15H2,1-2H3/t16-,19+/m1/s1. The fraction of sp³-hybridized carbons (Fsp3) is 0.542. The lowest BCUT2D eigenvalue weighted by Crippen LogP contribution is -2.46. The summed E-state index contributed by atoms with van der Waals surface area (Å²) in [4.78, 5) is 23.8. The number of aliphatic imine (C=N–C) groups is 1. The number of benzene rings is 1. The average molecular weight is 414 g/mol. The highest BCUT2D eigenvalue weighted by atomic mass is 19.3. The van der Waals surface area contributed by atoms with Crippen molar-refractivity contribution < 1.29 is 13.6 Å². The second-order valence-corrected chi connectivity index (χ2v) is 8.94. The topological polar surface area (TPSA) is 45.6 Å². The smallest absolute Gasteiger partial charge is 0.248 e. The predicted molar refractivity (Wildman–Crippen MR) is 115 cm³/mol. The predicted octanol–water partition coefficient (Wildman–Crippen LogP) is 5.06. The Morgan fingerprint density at radius 1 is 1.23 bits per heavy atom. The number of amides is 1. The maximum Gasteiger partial charge on any atom is 0.248 e. The van der Waals surface area contributed by atoms with Gasteiger partial charge in [0.25, 0.3) is 0 Å². The van der Waals surface area contributed by atoms with Crippen LogP contribution in [0.1, 0.15) is 56.1 Å². The minimum atomic E-state index is -2.61. The molecule has 2 atom stereocenters. The lowest BCUT2D eigenvalue weighted by atomic mass is 9.81. The van der Waals surface area contributed by atoms with Gasteiger partial charge in [-0.15, -0.1) is 0 Å². The lowest BCUT2D eigenvalue weighted by Gasteiger charge is -2.40. The first-order valence-corrected chi connectivity index (χ1v) is 10.8.